The topological polar surface area (TPSA) is 79.4 Å². The van der Waals surface area contributed by atoms with Gasteiger partial charge >= 0.3 is 12.3 Å². The molecule has 18 heavy (non-hydrogen) atoms. The Balaban J connectivity index is 3.35. The van der Waals surface area contributed by atoms with E-state index in [2.05, 4.69) is 4.74 Å². The molecule has 5 nitrogen and oxygen atoms in total. The van der Waals surface area contributed by atoms with Gasteiger partial charge in [0.25, 0.3) is 5.56 Å². The van der Waals surface area contributed by atoms with Gasteiger partial charge in [-0.3, -0.25) is 9.59 Å². The van der Waals surface area contributed by atoms with Gasteiger partial charge in [0.05, 0.1) is 6.42 Å². The summed E-state index contributed by atoms with van der Waals surface area (Å²) in [7, 11) is 0. The Morgan fingerprint density at radius 1 is 1.50 bits per heavy atom. The fourth-order valence-electron chi connectivity index (χ4n) is 1.28. The average Bonchev–Trinajstić information content (AvgIpc) is 2.21. The van der Waals surface area contributed by atoms with E-state index in [-0.39, 0.29) is 11.4 Å². The number of pyridine rings is 1. The largest absolute Gasteiger partial charge is 0.573 e. The Kier molecular flexibility index (Phi) is 4.23. The van der Waals surface area contributed by atoms with Crippen molar-refractivity contribution < 1.29 is 27.8 Å². The Hall–Kier alpha value is -1.70. The number of hydrogen-bond acceptors (Lipinski definition) is 3. The maximum Gasteiger partial charge on any atom is 0.573 e. The lowest BCUT2D eigenvalue weighted by molar-refractivity contribution is -0.275. The first-order chi connectivity index (χ1) is 8.24. The van der Waals surface area contributed by atoms with E-state index < -0.39 is 35.6 Å². The second kappa shape index (κ2) is 5.30. The average molecular weight is 286 g/mol. The van der Waals surface area contributed by atoms with E-state index in [4.69, 9.17) is 16.7 Å². The molecule has 0 aliphatic heterocycles. The lowest BCUT2D eigenvalue weighted by Gasteiger charge is -2.13. The molecule has 0 aliphatic carbocycles. The Labute approximate surface area is 103 Å². The van der Waals surface area contributed by atoms with Gasteiger partial charge in [-0.05, 0) is 5.56 Å². The molecule has 0 fully saturated rings. The first-order valence-corrected chi connectivity index (χ1v) is 5.05. The highest BCUT2D eigenvalue weighted by Crippen LogP contribution is 2.26. The smallest absolute Gasteiger partial charge is 0.481 e. The molecule has 1 rings (SSSR count). The standard InChI is InChI=1S/C9H7ClF3NO4/c10-2-4-3-14-8(17)7(18-9(11,12)13)5(4)1-6(15)16/h3H,1-2H2,(H,14,17)(H,15,16). The summed E-state index contributed by atoms with van der Waals surface area (Å²) in [5.41, 5.74) is -1.51. The van der Waals surface area contributed by atoms with Crippen LogP contribution in [0.1, 0.15) is 11.1 Å². The van der Waals surface area contributed by atoms with E-state index in [0.29, 0.717) is 0 Å². The van der Waals surface area contributed by atoms with Crippen molar-refractivity contribution in [3.63, 3.8) is 0 Å². The van der Waals surface area contributed by atoms with E-state index >= 15 is 0 Å². The van der Waals surface area contributed by atoms with Gasteiger partial charge in [-0.2, -0.15) is 0 Å². The van der Waals surface area contributed by atoms with Crippen LogP contribution >= 0.6 is 11.6 Å². The Morgan fingerprint density at radius 2 is 2.11 bits per heavy atom. The number of carboxylic acid groups (broad SMARTS) is 1. The van der Waals surface area contributed by atoms with Crippen molar-refractivity contribution in [3.8, 4) is 5.75 Å². The summed E-state index contributed by atoms with van der Waals surface area (Å²) >= 11 is 5.46. The highest BCUT2D eigenvalue weighted by molar-refractivity contribution is 6.17. The van der Waals surface area contributed by atoms with E-state index in [0.717, 1.165) is 6.20 Å². The molecule has 0 radical (unpaired) electrons. The third-order valence-electron chi connectivity index (χ3n) is 1.94. The highest BCUT2D eigenvalue weighted by Gasteiger charge is 2.34. The summed E-state index contributed by atoms with van der Waals surface area (Å²) in [6, 6.07) is 0. The van der Waals surface area contributed by atoms with Gasteiger partial charge in [0.1, 0.15) is 0 Å². The second-order valence-electron chi connectivity index (χ2n) is 3.20. The summed E-state index contributed by atoms with van der Waals surface area (Å²) in [5, 5.41) is 8.61. The molecule has 0 saturated carbocycles. The van der Waals surface area contributed by atoms with Crippen LogP contribution in [0.4, 0.5) is 13.2 Å². The molecular weight excluding hydrogens is 279 g/mol. The maximum atomic E-state index is 12.1. The minimum absolute atomic E-state index is 0.0536. The summed E-state index contributed by atoms with van der Waals surface area (Å²) in [4.78, 5) is 23.8. The van der Waals surface area contributed by atoms with Gasteiger partial charge in [0.2, 0.25) is 0 Å². The zero-order chi connectivity index (χ0) is 13.9. The molecule has 0 bridgehead atoms. The second-order valence-corrected chi connectivity index (χ2v) is 3.47. The third-order valence-corrected chi connectivity index (χ3v) is 2.22. The molecule has 0 amide bonds. The minimum atomic E-state index is -5.09. The summed E-state index contributed by atoms with van der Waals surface area (Å²) in [6.45, 7) is 0. The molecule has 0 atom stereocenters. The molecule has 2 N–H and O–H groups in total. The molecule has 1 aromatic heterocycles. The molecule has 1 aromatic rings. The Morgan fingerprint density at radius 3 is 2.56 bits per heavy atom. The van der Waals surface area contributed by atoms with Crippen LogP contribution in [-0.4, -0.2) is 22.4 Å². The van der Waals surface area contributed by atoms with Crippen molar-refractivity contribution in [2.24, 2.45) is 0 Å². The van der Waals surface area contributed by atoms with Crippen molar-refractivity contribution in [3.05, 3.63) is 27.7 Å². The van der Waals surface area contributed by atoms with Gasteiger partial charge in [-0.1, -0.05) is 0 Å². The number of alkyl halides is 4. The number of halogens is 4. The lowest BCUT2D eigenvalue weighted by Crippen LogP contribution is -2.25. The van der Waals surface area contributed by atoms with Crippen LogP contribution in [-0.2, 0) is 17.1 Å². The summed E-state index contributed by atoms with van der Waals surface area (Å²) in [6.07, 6.45) is -4.83. The van der Waals surface area contributed by atoms with Gasteiger partial charge in [0.15, 0.2) is 5.75 Å². The number of aromatic amines is 1. The fourth-order valence-corrected chi connectivity index (χ4v) is 1.51. The molecule has 0 aliphatic rings. The van der Waals surface area contributed by atoms with E-state index in [9.17, 15) is 22.8 Å². The molecule has 0 spiro atoms. The maximum absolute atomic E-state index is 12.1. The van der Waals surface area contributed by atoms with Crippen molar-refractivity contribution in [2.45, 2.75) is 18.7 Å². The normalized spacial score (nSPS) is 11.3. The zero-order valence-corrected chi connectivity index (χ0v) is 9.43. The number of carboxylic acids is 1. The van der Waals surface area contributed by atoms with Crippen molar-refractivity contribution in [1.29, 1.82) is 0 Å². The first-order valence-electron chi connectivity index (χ1n) is 4.51. The van der Waals surface area contributed by atoms with Crippen LogP contribution in [0.5, 0.6) is 5.75 Å². The number of ether oxygens (including phenoxy) is 1. The van der Waals surface area contributed by atoms with Crippen LogP contribution in [0.2, 0.25) is 0 Å². The predicted molar refractivity (Wildman–Crippen MR) is 54.6 cm³/mol. The van der Waals surface area contributed by atoms with Crippen molar-refractivity contribution >= 4 is 17.6 Å². The number of rotatable bonds is 4. The third kappa shape index (κ3) is 3.66. The van der Waals surface area contributed by atoms with E-state index in [1.807, 2.05) is 4.98 Å². The van der Waals surface area contributed by atoms with Crippen molar-refractivity contribution in [1.82, 2.24) is 4.98 Å². The van der Waals surface area contributed by atoms with Crippen LogP contribution < -0.4 is 10.3 Å². The quantitative estimate of drug-likeness (QED) is 0.824. The van der Waals surface area contributed by atoms with E-state index in [1.165, 1.54) is 0 Å². The first kappa shape index (κ1) is 14.4. The number of nitrogens with one attached hydrogen (secondary N) is 1. The van der Waals surface area contributed by atoms with Crippen LogP contribution in [0.3, 0.4) is 0 Å². The predicted octanol–water partition coefficient (Wildman–Crippen LogP) is 1.64. The summed E-state index contributed by atoms with van der Waals surface area (Å²) < 4.78 is 39.9. The lowest BCUT2D eigenvalue weighted by atomic mass is 10.1. The number of hydrogen-bond donors (Lipinski definition) is 2. The Bertz CT molecular complexity index is 512. The highest BCUT2D eigenvalue weighted by atomic mass is 35.5. The molecule has 100 valence electrons. The van der Waals surface area contributed by atoms with Crippen LogP contribution in [0.15, 0.2) is 11.0 Å². The monoisotopic (exact) mass is 285 g/mol. The molecule has 0 saturated heterocycles. The fraction of sp³-hybridized carbons (Fsp3) is 0.333. The number of aliphatic carboxylic acids is 1. The summed E-state index contributed by atoms with van der Waals surface area (Å²) in [5.74, 6) is -2.75. The number of aromatic nitrogens is 1. The molecule has 1 heterocycles. The van der Waals surface area contributed by atoms with Crippen molar-refractivity contribution in [2.75, 3.05) is 0 Å². The molecule has 9 heteroatoms. The van der Waals surface area contributed by atoms with Gasteiger partial charge < -0.3 is 14.8 Å². The molecular formula is C9H7ClF3NO4. The number of H-pyrrole nitrogens is 1. The molecule has 0 aromatic carbocycles. The van der Waals surface area contributed by atoms with Gasteiger partial charge in [-0.15, -0.1) is 24.8 Å². The zero-order valence-electron chi connectivity index (χ0n) is 8.68. The molecule has 0 unspecified atom stereocenters. The number of carbonyl (C=O) groups is 1. The van der Waals surface area contributed by atoms with Crippen LogP contribution in [0, 0.1) is 0 Å². The van der Waals surface area contributed by atoms with Gasteiger partial charge in [0, 0.05) is 17.6 Å². The SMILES string of the molecule is O=C(O)Cc1c(CCl)c[nH]c(=O)c1OC(F)(F)F. The van der Waals surface area contributed by atoms with Crippen LogP contribution in [0.25, 0.3) is 0 Å². The van der Waals surface area contributed by atoms with Gasteiger partial charge in [-0.25, -0.2) is 0 Å². The minimum Gasteiger partial charge on any atom is -0.481 e. The van der Waals surface area contributed by atoms with E-state index in [1.54, 1.807) is 0 Å².